The molecule has 0 spiro atoms. The quantitative estimate of drug-likeness (QED) is 0.530. The molecule has 0 aliphatic heterocycles. The van der Waals surface area contributed by atoms with Gasteiger partial charge in [0.05, 0.1) is 12.2 Å². The third kappa shape index (κ3) is 2.68. The van der Waals surface area contributed by atoms with Crippen LogP contribution in [0.1, 0.15) is 23.0 Å². The lowest BCUT2D eigenvalue weighted by Crippen LogP contribution is -2.04. The first kappa shape index (κ1) is 15.6. The number of fused-ring (bicyclic) bond motifs is 1. The van der Waals surface area contributed by atoms with Crippen LogP contribution in [0.2, 0.25) is 0 Å². The number of hydrogen-bond acceptors (Lipinski definition) is 5. The lowest BCUT2D eigenvalue weighted by molar-refractivity contribution is 0.0514. The van der Waals surface area contributed by atoms with Gasteiger partial charge in [-0.05, 0) is 25.1 Å². The number of benzene rings is 1. The highest BCUT2D eigenvalue weighted by molar-refractivity contribution is 5.91. The van der Waals surface area contributed by atoms with Crippen molar-refractivity contribution in [1.82, 2.24) is 9.72 Å². The monoisotopic (exact) mass is 321 g/mol. The Morgan fingerprint density at radius 2 is 2.33 bits per heavy atom. The summed E-state index contributed by atoms with van der Waals surface area (Å²) in [6.07, 6.45) is 3.57. The van der Waals surface area contributed by atoms with Crippen LogP contribution >= 0.6 is 0 Å². The van der Waals surface area contributed by atoms with Gasteiger partial charge in [0.25, 0.3) is 0 Å². The molecule has 1 aromatic carbocycles. The van der Waals surface area contributed by atoms with E-state index in [2.05, 4.69) is 17.8 Å². The van der Waals surface area contributed by atoms with Gasteiger partial charge in [-0.2, -0.15) is 5.26 Å². The minimum absolute atomic E-state index is 0.122. The summed E-state index contributed by atoms with van der Waals surface area (Å²) in [5.41, 5.74) is 2.36. The zero-order chi connectivity index (χ0) is 17.1. The molecule has 6 heteroatoms. The zero-order valence-corrected chi connectivity index (χ0v) is 13.2. The van der Waals surface area contributed by atoms with Gasteiger partial charge in [-0.1, -0.05) is 11.2 Å². The third-order valence-electron chi connectivity index (χ3n) is 3.61. The fourth-order valence-corrected chi connectivity index (χ4v) is 2.54. The van der Waals surface area contributed by atoms with E-state index in [0.717, 1.165) is 16.5 Å². The second kappa shape index (κ2) is 6.42. The highest BCUT2D eigenvalue weighted by Crippen LogP contribution is 2.28. The van der Waals surface area contributed by atoms with Crippen LogP contribution in [-0.2, 0) is 11.3 Å². The molecular weight excluding hydrogens is 306 g/mol. The van der Waals surface area contributed by atoms with Crippen molar-refractivity contribution in [3.05, 3.63) is 54.4 Å². The fraction of sp³-hybridized carbons (Fsp3) is 0.167. The maximum absolute atomic E-state index is 11.7. The third-order valence-corrected chi connectivity index (χ3v) is 3.61. The summed E-state index contributed by atoms with van der Waals surface area (Å²) in [5.74, 6) is -0.0799. The Labute approximate surface area is 138 Å². The van der Waals surface area contributed by atoms with E-state index in [9.17, 15) is 10.1 Å². The number of allylic oxidation sites excluding steroid dienone is 1. The smallest absolute Gasteiger partial charge is 0.360 e. The first-order chi connectivity index (χ1) is 11.7. The van der Waals surface area contributed by atoms with Crippen LogP contribution in [0.3, 0.4) is 0 Å². The average molecular weight is 321 g/mol. The summed E-state index contributed by atoms with van der Waals surface area (Å²) < 4.78 is 12.1. The van der Waals surface area contributed by atoms with E-state index in [-0.39, 0.29) is 12.3 Å². The van der Waals surface area contributed by atoms with Crippen LogP contribution in [0.5, 0.6) is 0 Å². The number of ether oxygens (including phenoxy) is 1. The van der Waals surface area contributed by atoms with Gasteiger partial charge in [-0.3, -0.25) is 0 Å². The van der Waals surface area contributed by atoms with E-state index >= 15 is 0 Å². The Bertz CT molecular complexity index is 960. The van der Waals surface area contributed by atoms with Crippen LogP contribution < -0.4 is 0 Å². The SMILES string of the molecule is C=CCn1cc(C#N)c2cc(-c3cc(C(=O)OCC)no3)ccc21. The molecule has 3 aromatic rings. The Morgan fingerprint density at radius 1 is 1.50 bits per heavy atom. The zero-order valence-electron chi connectivity index (χ0n) is 13.2. The molecule has 0 aliphatic rings. The van der Waals surface area contributed by atoms with Crippen molar-refractivity contribution in [2.45, 2.75) is 13.5 Å². The van der Waals surface area contributed by atoms with Gasteiger partial charge in [-0.15, -0.1) is 6.58 Å². The molecule has 0 unspecified atom stereocenters. The Kier molecular flexibility index (Phi) is 4.17. The van der Waals surface area contributed by atoms with Gasteiger partial charge in [0, 0.05) is 35.3 Å². The number of esters is 1. The number of hydrogen-bond donors (Lipinski definition) is 0. The number of aromatic nitrogens is 2. The van der Waals surface area contributed by atoms with Crippen molar-refractivity contribution < 1.29 is 14.1 Å². The topological polar surface area (TPSA) is 81.0 Å². The van der Waals surface area contributed by atoms with Gasteiger partial charge >= 0.3 is 5.97 Å². The average Bonchev–Trinajstić information content (AvgIpc) is 3.20. The summed E-state index contributed by atoms with van der Waals surface area (Å²) in [7, 11) is 0. The van der Waals surface area contributed by atoms with Crippen molar-refractivity contribution >= 4 is 16.9 Å². The molecule has 6 nitrogen and oxygen atoms in total. The molecule has 0 atom stereocenters. The molecule has 0 amide bonds. The van der Waals surface area contributed by atoms with Gasteiger partial charge < -0.3 is 13.8 Å². The van der Waals surface area contributed by atoms with Crippen LogP contribution in [-0.4, -0.2) is 22.3 Å². The van der Waals surface area contributed by atoms with E-state index in [1.54, 1.807) is 19.2 Å². The standard InChI is InChI=1S/C18H15N3O3/c1-3-7-21-11-13(10-19)14-8-12(5-6-16(14)21)17-9-15(20-24-17)18(22)23-4-2/h3,5-6,8-9,11H,1,4,7H2,2H3. The molecule has 0 N–H and O–H groups in total. The lowest BCUT2D eigenvalue weighted by atomic mass is 10.1. The summed E-state index contributed by atoms with van der Waals surface area (Å²) in [4.78, 5) is 11.7. The molecule has 120 valence electrons. The van der Waals surface area contributed by atoms with E-state index in [1.165, 1.54) is 6.07 Å². The maximum Gasteiger partial charge on any atom is 0.360 e. The van der Waals surface area contributed by atoms with Crippen LogP contribution in [0.4, 0.5) is 0 Å². The Morgan fingerprint density at radius 3 is 3.04 bits per heavy atom. The highest BCUT2D eigenvalue weighted by Gasteiger charge is 2.16. The van der Waals surface area contributed by atoms with Crippen molar-refractivity contribution in [2.75, 3.05) is 6.61 Å². The van der Waals surface area contributed by atoms with Gasteiger partial charge in [0.1, 0.15) is 6.07 Å². The first-order valence-corrected chi connectivity index (χ1v) is 7.46. The fourth-order valence-electron chi connectivity index (χ4n) is 2.54. The Balaban J connectivity index is 2.04. The molecule has 2 aromatic heterocycles. The number of nitrogens with zero attached hydrogens (tertiary/aromatic N) is 3. The molecule has 0 radical (unpaired) electrons. The van der Waals surface area contributed by atoms with E-state index in [1.807, 2.05) is 22.8 Å². The predicted molar refractivity (Wildman–Crippen MR) is 88.3 cm³/mol. The first-order valence-electron chi connectivity index (χ1n) is 7.46. The van der Waals surface area contributed by atoms with E-state index in [4.69, 9.17) is 9.26 Å². The van der Waals surface area contributed by atoms with Crippen molar-refractivity contribution in [3.63, 3.8) is 0 Å². The van der Waals surface area contributed by atoms with Crippen molar-refractivity contribution in [1.29, 1.82) is 5.26 Å². The second-order valence-electron chi connectivity index (χ2n) is 5.12. The second-order valence-corrected chi connectivity index (χ2v) is 5.12. The molecule has 0 bridgehead atoms. The van der Waals surface area contributed by atoms with Crippen molar-refractivity contribution in [3.8, 4) is 17.4 Å². The molecule has 0 saturated heterocycles. The van der Waals surface area contributed by atoms with Gasteiger partial charge in [-0.25, -0.2) is 4.79 Å². The number of carbonyl (C=O) groups is 1. The van der Waals surface area contributed by atoms with E-state index in [0.29, 0.717) is 17.9 Å². The number of nitriles is 1. The maximum atomic E-state index is 11.7. The highest BCUT2D eigenvalue weighted by atomic mass is 16.5. The molecule has 2 heterocycles. The van der Waals surface area contributed by atoms with Crippen molar-refractivity contribution in [2.24, 2.45) is 0 Å². The minimum Gasteiger partial charge on any atom is -0.461 e. The molecule has 0 aliphatic carbocycles. The molecule has 0 fully saturated rings. The normalized spacial score (nSPS) is 10.5. The molecule has 0 saturated carbocycles. The largest absolute Gasteiger partial charge is 0.461 e. The summed E-state index contributed by atoms with van der Waals surface area (Å²) in [6, 6.07) is 9.34. The number of carbonyl (C=O) groups excluding carboxylic acids is 1. The summed E-state index contributed by atoms with van der Waals surface area (Å²) in [6.45, 7) is 6.34. The molecule has 24 heavy (non-hydrogen) atoms. The van der Waals surface area contributed by atoms with Crippen LogP contribution in [0.15, 0.2) is 47.6 Å². The minimum atomic E-state index is -0.525. The summed E-state index contributed by atoms with van der Waals surface area (Å²) in [5, 5.41) is 13.9. The van der Waals surface area contributed by atoms with Crippen LogP contribution in [0.25, 0.3) is 22.2 Å². The number of rotatable bonds is 5. The molecule has 3 rings (SSSR count). The lowest BCUT2D eigenvalue weighted by Gasteiger charge is -2.01. The van der Waals surface area contributed by atoms with E-state index < -0.39 is 5.97 Å². The Hall–Kier alpha value is -3.33. The predicted octanol–water partition coefficient (Wildman–Crippen LogP) is 3.53. The summed E-state index contributed by atoms with van der Waals surface area (Å²) >= 11 is 0. The van der Waals surface area contributed by atoms with Gasteiger partial charge in [0.15, 0.2) is 11.5 Å². The van der Waals surface area contributed by atoms with Gasteiger partial charge in [0.2, 0.25) is 0 Å². The van der Waals surface area contributed by atoms with Crippen LogP contribution in [0, 0.1) is 11.3 Å². The molecular formula is C18H15N3O3.